The number of hydrogen-bond donors (Lipinski definition) is 1. The molecule has 3 rings (SSSR count). The normalized spacial score (nSPS) is 23.6. The second kappa shape index (κ2) is 5.72. The Hall–Kier alpha value is -1.88. The summed E-state index contributed by atoms with van der Waals surface area (Å²) in [6.45, 7) is 2.99. The molecule has 1 saturated heterocycles. The lowest BCUT2D eigenvalue weighted by atomic mass is 9.80. The monoisotopic (exact) mass is 302 g/mol. The topological polar surface area (TPSA) is 58.6 Å². The number of hydrogen-bond acceptors (Lipinski definition) is 4. The van der Waals surface area contributed by atoms with Crippen LogP contribution in [0.3, 0.4) is 0 Å². The summed E-state index contributed by atoms with van der Waals surface area (Å²) < 4.78 is 5.68. The molecule has 118 valence electrons. The van der Waals surface area contributed by atoms with Crippen LogP contribution in [0.1, 0.15) is 36.5 Å². The molecule has 0 aliphatic carbocycles. The van der Waals surface area contributed by atoms with Crippen LogP contribution in [0.2, 0.25) is 0 Å². The van der Waals surface area contributed by atoms with Crippen LogP contribution in [0.4, 0.5) is 5.69 Å². The SMILES string of the molecule is COC1CC(=O)c2ccccc2NC12CCN(C(C)=O)CC2. The molecule has 5 nitrogen and oxygen atoms in total. The fourth-order valence-corrected chi connectivity index (χ4v) is 3.63. The zero-order chi connectivity index (χ0) is 15.7. The van der Waals surface area contributed by atoms with Crippen LogP contribution < -0.4 is 5.32 Å². The lowest BCUT2D eigenvalue weighted by Gasteiger charge is -2.45. The molecule has 1 N–H and O–H groups in total. The van der Waals surface area contributed by atoms with E-state index >= 15 is 0 Å². The molecule has 1 aromatic carbocycles. The Balaban J connectivity index is 1.93. The zero-order valence-corrected chi connectivity index (χ0v) is 13.1. The number of carbonyl (C=O) groups excluding carboxylic acids is 2. The Morgan fingerprint density at radius 3 is 2.64 bits per heavy atom. The fraction of sp³-hybridized carbons (Fsp3) is 0.529. The van der Waals surface area contributed by atoms with E-state index in [9.17, 15) is 9.59 Å². The van der Waals surface area contributed by atoms with Gasteiger partial charge in [-0.2, -0.15) is 0 Å². The van der Waals surface area contributed by atoms with Crippen LogP contribution in [0, 0.1) is 0 Å². The lowest BCUT2D eigenvalue weighted by Crippen LogP contribution is -2.57. The Morgan fingerprint density at radius 2 is 2.00 bits per heavy atom. The molecule has 0 saturated carbocycles. The van der Waals surface area contributed by atoms with Gasteiger partial charge in [-0.1, -0.05) is 12.1 Å². The smallest absolute Gasteiger partial charge is 0.219 e. The Kier molecular flexibility index (Phi) is 3.91. The number of likely N-dealkylation sites (tertiary alicyclic amines) is 1. The van der Waals surface area contributed by atoms with E-state index in [1.54, 1.807) is 14.0 Å². The number of nitrogens with zero attached hydrogens (tertiary/aromatic N) is 1. The first-order valence-corrected chi connectivity index (χ1v) is 7.74. The summed E-state index contributed by atoms with van der Waals surface area (Å²) in [5.41, 5.74) is 1.32. The van der Waals surface area contributed by atoms with Crippen LogP contribution in [0.15, 0.2) is 24.3 Å². The second-order valence-corrected chi connectivity index (χ2v) is 6.18. The van der Waals surface area contributed by atoms with Gasteiger partial charge in [-0.15, -0.1) is 0 Å². The van der Waals surface area contributed by atoms with Gasteiger partial charge in [-0.25, -0.2) is 0 Å². The van der Waals surface area contributed by atoms with E-state index in [1.807, 2.05) is 29.2 Å². The van der Waals surface area contributed by atoms with Crippen molar-refractivity contribution >= 4 is 17.4 Å². The molecule has 0 aromatic heterocycles. The van der Waals surface area contributed by atoms with E-state index in [4.69, 9.17) is 4.74 Å². The van der Waals surface area contributed by atoms with Crippen molar-refractivity contribution in [2.75, 3.05) is 25.5 Å². The van der Waals surface area contributed by atoms with E-state index in [-0.39, 0.29) is 23.3 Å². The molecule has 1 aromatic rings. The molecule has 0 radical (unpaired) electrons. The highest BCUT2D eigenvalue weighted by molar-refractivity contribution is 6.02. The first-order valence-electron chi connectivity index (χ1n) is 7.74. The van der Waals surface area contributed by atoms with Gasteiger partial charge in [0.1, 0.15) is 0 Å². The van der Waals surface area contributed by atoms with Crippen LogP contribution >= 0.6 is 0 Å². The third-order valence-corrected chi connectivity index (χ3v) is 4.98. The summed E-state index contributed by atoms with van der Waals surface area (Å²) in [6, 6.07) is 7.63. The van der Waals surface area contributed by atoms with Crippen molar-refractivity contribution in [3.8, 4) is 0 Å². The van der Waals surface area contributed by atoms with Gasteiger partial charge in [0.25, 0.3) is 0 Å². The Bertz CT molecular complexity index is 591. The van der Waals surface area contributed by atoms with E-state index in [0.717, 1.165) is 24.1 Å². The third kappa shape index (κ3) is 2.50. The molecular weight excluding hydrogens is 280 g/mol. The molecule has 1 unspecified atom stereocenters. The summed E-state index contributed by atoms with van der Waals surface area (Å²) >= 11 is 0. The third-order valence-electron chi connectivity index (χ3n) is 4.98. The van der Waals surface area contributed by atoms with Crippen molar-refractivity contribution in [1.82, 2.24) is 4.90 Å². The summed E-state index contributed by atoms with van der Waals surface area (Å²) in [7, 11) is 1.66. The number of amides is 1. The highest BCUT2D eigenvalue weighted by Gasteiger charge is 2.45. The van der Waals surface area contributed by atoms with E-state index in [2.05, 4.69) is 5.32 Å². The molecule has 1 spiro atoms. The maximum Gasteiger partial charge on any atom is 0.219 e. The predicted molar refractivity (Wildman–Crippen MR) is 84.0 cm³/mol. The zero-order valence-electron chi connectivity index (χ0n) is 13.1. The molecule has 1 amide bonds. The number of para-hydroxylation sites is 1. The molecular formula is C17H22N2O3. The Labute approximate surface area is 130 Å². The van der Waals surface area contributed by atoms with Crippen molar-refractivity contribution in [3.05, 3.63) is 29.8 Å². The number of methoxy groups -OCH3 is 1. The number of fused-ring (bicyclic) bond motifs is 1. The van der Waals surface area contributed by atoms with Gasteiger partial charge in [-0.3, -0.25) is 9.59 Å². The van der Waals surface area contributed by atoms with Crippen molar-refractivity contribution in [1.29, 1.82) is 0 Å². The second-order valence-electron chi connectivity index (χ2n) is 6.18. The van der Waals surface area contributed by atoms with E-state index in [0.29, 0.717) is 19.5 Å². The summed E-state index contributed by atoms with van der Waals surface area (Å²) in [6.07, 6.45) is 1.77. The van der Waals surface area contributed by atoms with Gasteiger partial charge >= 0.3 is 0 Å². The number of nitrogens with one attached hydrogen (secondary N) is 1. The van der Waals surface area contributed by atoms with Gasteiger partial charge in [-0.05, 0) is 25.0 Å². The minimum Gasteiger partial charge on any atom is -0.379 e. The number of rotatable bonds is 1. The van der Waals surface area contributed by atoms with Crippen LogP contribution in [-0.4, -0.2) is 48.4 Å². The van der Waals surface area contributed by atoms with E-state index in [1.165, 1.54) is 0 Å². The highest BCUT2D eigenvalue weighted by atomic mass is 16.5. The molecule has 1 atom stereocenters. The molecule has 2 aliphatic heterocycles. The first-order chi connectivity index (χ1) is 10.6. The van der Waals surface area contributed by atoms with Gasteiger partial charge < -0.3 is 15.0 Å². The van der Waals surface area contributed by atoms with Gasteiger partial charge in [0.2, 0.25) is 5.91 Å². The number of carbonyl (C=O) groups is 2. The predicted octanol–water partition coefficient (Wildman–Crippen LogP) is 2.08. The number of Topliss-reactive ketones (excluding diaryl/α,β-unsaturated/α-hetero) is 1. The van der Waals surface area contributed by atoms with Crippen LogP contribution in [-0.2, 0) is 9.53 Å². The van der Waals surface area contributed by atoms with Crippen molar-refractivity contribution in [3.63, 3.8) is 0 Å². The number of anilines is 1. The highest BCUT2D eigenvalue weighted by Crippen LogP contribution is 2.37. The molecule has 2 aliphatic rings. The lowest BCUT2D eigenvalue weighted by molar-refractivity contribution is -0.131. The van der Waals surface area contributed by atoms with Gasteiger partial charge in [0, 0.05) is 44.8 Å². The summed E-state index contributed by atoms with van der Waals surface area (Å²) in [4.78, 5) is 25.9. The summed E-state index contributed by atoms with van der Waals surface area (Å²) in [5.74, 6) is 0.217. The molecule has 22 heavy (non-hydrogen) atoms. The standard InChI is InChI=1S/C17H22N2O3/c1-12(20)19-9-7-17(8-10-19)16(22-2)11-15(21)13-5-3-4-6-14(13)18-17/h3-6,16,18H,7-11H2,1-2H3. The molecule has 1 fully saturated rings. The van der Waals surface area contributed by atoms with E-state index < -0.39 is 0 Å². The maximum absolute atomic E-state index is 12.5. The summed E-state index contributed by atoms with van der Waals surface area (Å²) in [5, 5.41) is 3.58. The average Bonchev–Trinajstić information content (AvgIpc) is 2.63. The molecule has 5 heteroatoms. The van der Waals surface area contributed by atoms with Gasteiger partial charge in [0.15, 0.2) is 5.78 Å². The number of ether oxygens (including phenoxy) is 1. The fourth-order valence-electron chi connectivity index (χ4n) is 3.63. The number of piperidine rings is 1. The van der Waals surface area contributed by atoms with Crippen molar-refractivity contribution < 1.29 is 14.3 Å². The maximum atomic E-state index is 12.5. The number of ketones is 1. The number of benzene rings is 1. The van der Waals surface area contributed by atoms with Gasteiger partial charge in [0.05, 0.1) is 11.6 Å². The van der Waals surface area contributed by atoms with Crippen LogP contribution in [0.25, 0.3) is 0 Å². The first kappa shape index (κ1) is 15.0. The minimum atomic E-state index is -0.289. The van der Waals surface area contributed by atoms with Crippen LogP contribution in [0.5, 0.6) is 0 Å². The van der Waals surface area contributed by atoms with Crippen molar-refractivity contribution in [2.45, 2.75) is 37.8 Å². The average molecular weight is 302 g/mol. The Morgan fingerprint density at radius 1 is 1.32 bits per heavy atom. The quantitative estimate of drug-likeness (QED) is 0.863. The molecule has 2 heterocycles. The molecule has 0 bridgehead atoms. The largest absolute Gasteiger partial charge is 0.379 e. The van der Waals surface area contributed by atoms with Crippen molar-refractivity contribution in [2.24, 2.45) is 0 Å². The minimum absolute atomic E-state index is 0.105.